The minimum atomic E-state index is -3.48. The van der Waals surface area contributed by atoms with Crippen molar-refractivity contribution in [3.63, 3.8) is 0 Å². The molecule has 1 aromatic carbocycles. The van der Waals surface area contributed by atoms with Gasteiger partial charge in [0, 0.05) is 18.5 Å². The maximum absolute atomic E-state index is 12.5. The number of nitrogens with zero attached hydrogens (tertiary/aromatic N) is 1. The summed E-state index contributed by atoms with van der Waals surface area (Å²) in [4.78, 5) is 0.275. The molecular weight excluding hydrogens is 286 g/mol. The summed E-state index contributed by atoms with van der Waals surface area (Å²) >= 11 is 5.65. The van der Waals surface area contributed by atoms with Gasteiger partial charge in [-0.15, -0.1) is 11.6 Å². The van der Waals surface area contributed by atoms with Crippen molar-refractivity contribution in [1.29, 1.82) is 0 Å². The second-order valence-corrected chi connectivity index (χ2v) is 6.70. The first kappa shape index (κ1) is 16.3. The van der Waals surface area contributed by atoms with Crippen LogP contribution < -0.4 is 4.74 Å². The van der Waals surface area contributed by atoms with Crippen molar-refractivity contribution in [2.45, 2.75) is 31.2 Å². The van der Waals surface area contributed by atoms with E-state index in [1.165, 1.54) is 4.31 Å². The zero-order valence-electron chi connectivity index (χ0n) is 11.5. The van der Waals surface area contributed by atoms with E-state index in [1.54, 1.807) is 31.4 Å². The Labute approximate surface area is 120 Å². The molecule has 0 unspecified atom stereocenters. The largest absolute Gasteiger partial charge is 0.497 e. The highest BCUT2D eigenvalue weighted by atomic mass is 35.5. The summed E-state index contributed by atoms with van der Waals surface area (Å²) in [5, 5.41) is 0. The molecule has 0 amide bonds. The third kappa shape index (κ3) is 4.09. The minimum Gasteiger partial charge on any atom is -0.497 e. The molecule has 1 aromatic rings. The van der Waals surface area contributed by atoms with Gasteiger partial charge in [-0.1, -0.05) is 0 Å². The lowest BCUT2D eigenvalue weighted by atomic mass is 10.3. The summed E-state index contributed by atoms with van der Waals surface area (Å²) in [5.41, 5.74) is 0. The lowest BCUT2D eigenvalue weighted by molar-refractivity contribution is 0.354. The Balaban J connectivity index is 3.04. The van der Waals surface area contributed by atoms with E-state index in [0.29, 0.717) is 24.6 Å². The van der Waals surface area contributed by atoms with Crippen LogP contribution in [0.1, 0.15) is 20.3 Å². The summed E-state index contributed by atoms with van der Waals surface area (Å²) in [6.07, 6.45) is 0.634. The van der Waals surface area contributed by atoms with Crippen LogP contribution in [0.2, 0.25) is 0 Å². The molecule has 0 spiro atoms. The Morgan fingerprint density at radius 3 is 2.26 bits per heavy atom. The normalized spacial score (nSPS) is 12.1. The number of methoxy groups -OCH3 is 1. The summed E-state index contributed by atoms with van der Waals surface area (Å²) in [6.45, 7) is 4.14. The van der Waals surface area contributed by atoms with E-state index in [0.717, 1.165) is 0 Å². The average molecular weight is 306 g/mol. The van der Waals surface area contributed by atoms with Gasteiger partial charge in [0.2, 0.25) is 10.0 Å². The first-order valence-corrected chi connectivity index (χ1v) is 8.12. The molecule has 4 nitrogen and oxygen atoms in total. The van der Waals surface area contributed by atoms with Crippen LogP contribution in [0.4, 0.5) is 0 Å². The molecular formula is C13H20ClNO3S. The molecule has 0 radical (unpaired) electrons. The van der Waals surface area contributed by atoms with Gasteiger partial charge in [0.25, 0.3) is 0 Å². The van der Waals surface area contributed by atoms with Crippen LogP contribution in [-0.2, 0) is 10.0 Å². The van der Waals surface area contributed by atoms with Crippen LogP contribution in [0.25, 0.3) is 0 Å². The van der Waals surface area contributed by atoms with Gasteiger partial charge in [-0.05, 0) is 44.5 Å². The van der Waals surface area contributed by atoms with Crippen LogP contribution in [0.5, 0.6) is 5.75 Å². The molecule has 19 heavy (non-hydrogen) atoms. The van der Waals surface area contributed by atoms with Crippen LogP contribution in [0.15, 0.2) is 29.2 Å². The van der Waals surface area contributed by atoms with Crippen LogP contribution in [-0.4, -0.2) is 38.3 Å². The van der Waals surface area contributed by atoms with E-state index in [1.807, 2.05) is 13.8 Å². The fourth-order valence-corrected chi connectivity index (χ4v) is 3.55. The van der Waals surface area contributed by atoms with Crippen molar-refractivity contribution < 1.29 is 13.2 Å². The third-order valence-electron chi connectivity index (χ3n) is 2.75. The Morgan fingerprint density at radius 1 is 1.26 bits per heavy atom. The van der Waals surface area contributed by atoms with Gasteiger partial charge >= 0.3 is 0 Å². The standard InChI is InChI=1S/C13H20ClNO3S/c1-11(2)15(10-4-9-14)19(16,17)13-7-5-12(18-3)6-8-13/h5-8,11H,4,9-10H2,1-3H3. The predicted octanol–water partition coefficient (Wildman–Crippen LogP) is 2.72. The molecule has 1 rings (SSSR count). The van der Waals surface area contributed by atoms with E-state index in [9.17, 15) is 8.42 Å². The van der Waals surface area contributed by atoms with E-state index in [4.69, 9.17) is 16.3 Å². The quantitative estimate of drug-likeness (QED) is 0.728. The highest BCUT2D eigenvalue weighted by Gasteiger charge is 2.26. The van der Waals surface area contributed by atoms with Gasteiger partial charge in [0.15, 0.2) is 0 Å². The fourth-order valence-electron chi connectivity index (χ4n) is 1.75. The molecule has 0 aliphatic carbocycles. The van der Waals surface area contributed by atoms with E-state index < -0.39 is 10.0 Å². The molecule has 0 aromatic heterocycles. The van der Waals surface area contributed by atoms with Crippen molar-refractivity contribution in [2.24, 2.45) is 0 Å². The smallest absolute Gasteiger partial charge is 0.243 e. The molecule has 108 valence electrons. The Morgan fingerprint density at radius 2 is 1.84 bits per heavy atom. The van der Waals surface area contributed by atoms with Crippen molar-refractivity contribution in [1.82, 2.24) is 4.31 Å². The summed E-state index contributed by atoms with van der Waals surface area (Å²) in [6, 6.07) is 6.31. The Kier molecular flexibility index (Phi) is 6.10. The van der Waals surface area contributed by atoms with Gasteiger partial charge in [-0.25, -0.2) is 8.42 Å². The Bertz CT molecular complexity index is 485. The van der Waals surface area contributed by atoms with Crippen molar-refractivity contribution in [2.75, 3.05) is 19.5 Å². The number of sulfonamides is 1. The van der Waals surface area contributed by atoms with Crippen molar-refractivity contribution in [3.05, 3.63) is 24.3 Å². The molecule has 6 heteroatoms. The van der Waals surface area contributed by atoms with Crippen molar-refractivity contribution in [3.8, 4) is 5.75 Å². The topological polar surface area (TPSA) is 46.6 Å². The number of ether oxygens (including phenoxy) is 1. The molecule has 0 heterocycles. The molecule has 0 fully saturated rings. The van der Waals surface area contributed by atoms with Crippen molar-refractivity contribution >= 4 is 21.6 Å². The van der Waals surface area contributed by atoms with Crippen LogP contribution in [0, 0.1) is 0 Å². The summed E-state index contributed by atoms with van der Waals surface area (Å²) in [5.74, 6) is 1.08. The van der Waals surface area contributed by atoms with Crippen LogP contribution in [0.3, 0.4) is 0 Å². The first-order valence-electron chi connectivity index (χ1n) is 6.15. The zero-order valence-corrected chi connectivity index (χ0v) is 13.0. The lowest BCUT2D eigenvalue weighted by Crippen LogP contribution is -2.37. The SMILES string of the molecule is COc1ccc(S(=O)(=O)N(CCCCl)C(C)C)cc1. The number of hydrogen-bond donors (Lipinski definition) is 0. The lowest BCUT2D eigenvalue weighted by Gasteiger charge is -2.25. The van der Waals surface area contributed by atoms with Gasteiger partial charge in [-0.2, -0.15) is 4.31 Å². The molecule has 0 saturated carbocycles. The summed E-state index contributed by atoms with van der Waals surface area (Å²) < 4.78 is 31.5. The molecule has 0 atom stereocenters. The maximum atomic E-state index is 12.5. The van der Waals surface area contributed by atoms with Gasteiger partial charge in [0.05, 0.1) is 12.0 Å². The van der Waals surface area contributed by atoms with Crippen LogP contribution >= 0.6 is 11.6 Å². The third-order valence-corrected chi connectivity index (χ3v) is 5.11. The highest BCUT2D eigenvalue weighted by Crippen LogP contribution is 2.21. The second-order valence-electron chi connectivity index (χ2n) is 4.43. The van der Waals surface area contributed by atoms with E-state index in [2.05, 4.69) is 0 Å². The fraction of sp³-hybridized carbons (Fsp3) is 0.538. The van der Waals surface area contributed by atoms with E-state index in [-0.39, 0.29) is 10.9 Å². The maximum Gasteiger partial charge on any atom is 0.243 e. The van der Waals surface area contributed by atoms with E-state index >= 15 is 0 Å². The molecule has 0 aliphatic heterocycles. The van der Waals surface area contributed by atoms with Gasteiger partial charge in [-0.3, -0.25) is 0 Å². The number of alkyl halides is 1. The first-order chi connectivity index (χ1) is 8.93. The second kappa shape index (κ2) is 7.12. The molecule has 0 aliphatic rings. The summed E-state index contributed by atoms with van der Waals surface area (Å²) in [7, 11) is -1.93. The Hall–Kier alpha value is -0.780. The number of benzene rings is 1. The molecule has 0 bridgehead atoms. The molecule has 0 saturated heterocycles. The predicted molar refractivity (Wildman–Crippen MR) is 77.4 cm³/mol. The van der Waals surface area contributed by atoms with Gasteiger partial charge in [0.1, 0.15) is 5.75 Å². The highest BCUT2D eigenvalue weighted by molar-refractivity contribution is 7.89. The number of halogens is 1. The monoisotopic (exact) mass is 305 g/mol. The number of hydrogen-bond acceptors (Lipinski definition) is 3. The van der Waals surface area contributed by atoms with Gasteiger partial charge < -0.3 is 4.74 Å². The minimum absolute atomic E-state index is 0.102. The molecule has 0 N–H and O–H groups in total. The average Bonchev–Trinajstić information content (AvgIpc) is 2.38. The zero-order chi connectivity index (χ0) is 14.5. The number of rotatable bonds is 7.